The summed E-state index contributed by atoms with van der Waals surface area (Å²) in [6, 6.07) is 0. The summed E-state index contributed by atoms with van der Waals surface area (Å²) in [6.45, 7) is 12.3. The molecule has 0 rings (SSSR count). The molecular formula is C17H34N2O3. The van der Waals surface area contributed by atoms with E-state index in [9.17, 15) is 14.7 Å². The van der Waals surface area contributed by atoms with E-state index in [0.29, 0.717) is 25.9 Å². The maximum atomic E-state index is 12.2. The van der Waals surface area contributed by atoms with Gasteiger partial charge in [-0.15, -0.1) is 0 Å². The zero-order valence-electron chi connectivity index (χ0n) is 15.2. The third-order valence-electron chi connectivity index (χ3n) is 3.73. The summed E-state index contributed by atoms with van der Waals surface area (Å²) >= 11 is 0. The summed E-state index contributed by atoms with van der Waals surface area (Å²) in [6.07, 6.45) is 3.15. The molecule has 0 aromatic heterocycles. The van der Waals surface area contributed by atoms with Gasteiger partial charge >= 0.3 is 0 Å². The number of amides is 2. The minimum atomic E-state index is -0.828. The van der Waals surface area contributed by atoms with Crippen LogP contribution in [0.4, 0.5) is 0 Å². The Labute approximate surface area is 135 Å². The molecule has 5 heteroatoms. The van der Waals surface area contributed by atoms with Crippen LogP contribution in [0.25, 0.3) is 0 Å². The number of nitrogens with one attached hydrogen (secondary N) is 1. The second-order valence-corrected chi connectivity index (χ2v) is 7.15. The first-order chi connectivity index (χ1) is 10.0. The minimum absolute atomic E-state index is 0.00982. The molecule has 130 valence electrons. The van der Waals surface area contributed by atoms with E-state index in [4.69, 9.17) is 0 Å². The molecule has 0 atom stereocenters. The van der Waals surface area contributed by atoms with E-state index >= 15 is 0 Å². The highest BCUT2D eigenvalue weighted by Crippen LogP contribution is 2.22. The third kappa shape index (κ3) is 8.37. The van der Waals surface area contributed by atoms with E-state index in [1.165, 1.54) is 0 Å². The van der Waals surface area contributed by atoms with Gasteiger partial charge in [0.25, 0.3) is 0 Å². The largest absolute Gasteiger partial charge is 0.390 e. The lowest BCUT2D eigenvalue weighted by Crippen LogP contribution is -2.51. The number of aliphatic hydroxyl groups is 1. The Kier molecular flexibility index (Phi) is 8.68. The molecule has 0 fully saturated rings. The van der Waals surface area contributed by atoms with Crippen molar-refractivity contribution < 1.29 is 14.7 Å². The van der Waals surface area contributed by atoms with Crippen LogP contribution < -0.4 is 5.32 Å². The normalized spacial score (nSPS) is 12.1. The van der Waals surface area contributed by atoms with Gasteiger partial charge in [0.15, 0.2) is 0 Å². The Morgan fingerprint density at radius 1 is 1.14 bits per heavy atom. The van der Waals surface area contributed by atoms with Crippen LogP contribution >= 0.6 is 0 Å². The molecule has 0 radical (unpaired) electrons. The molecular weight excluding hydrogens is 280 g/mol. The predicted molar refractivity (Wildman–Crippen MR) is 89.5 cm³/mol. The first kappa shape index (κ1) is 20.9. The van der Waals surface area contributed by atoms with Crippen LogP contribution in [0, 0.1) is 0 Å². The molecule has 0 aliphatic heterocycles. The Morgan fingerprint density at radius 3 is 2.18 bits per heavy atom. The molecule has 0 spiro atoms. The third-order valence-corrected chi connectivity index (χ3v) is 3.73. The van der Waals surface area contributed by atoms with Gasteiger partial charge in [-0.25, -0.2) is 0 Å². The quantitative estimate of drug-likeness (QED) is 0.609. The Hall–Kier alpha value is -1.10. The Morgan fingerprint density at radius 2 is 1.73 bits per heavy atom. The molecule has 0 saturated carbocycles. The second kappa shape index (κ2) is 9.13. The highest BCUT2D eigenvalue weighted by molar-refractivity contribution is 5.80. The first-order valence-corrected chi connectivity index (χ1v) is 8.33. The number of carbonyl (C=O) groups excluding carboxylic acids is 2. The molecule has 2 N–H and O–H groups in total. The van der Waals surface area contributed by atoms with Crippen molar-refractivity contribution in [2.75, 3.05) is 13.1 Å². The summed E-state index contributed by atoms with van der Waals surface area (Å²) in [7, 11) is 0. The van der Waals surface area contributed by atoms with E-state index in [1.54, 1.807) is 18.7 Å². The van der Waals surface area contributed by atoms with E-state index in [0.717, 1.165) is 12.8 Å². The van der Waals surface area contributed by atoms with Crippen molar-refractivity contribution in [3.63, 3.8) is 0 Å². The van der Waals surface area contributed by atoms with Gasteiger partial charge in [-0.2, -0.15) is 0 Å². The Balaban J connectivity index is 4.79. The van der Waals surface area contributed by atoms with Crippen molar-refractivity contribution in [1.29, 1.82) is 0 Å². The first-order valence-electron chi connectivity index (χ1n) is 8.33. The van der Waals surface area contributed by atoms with E-state index in [2.05, 4.69) is 12.2 Å². The molecule has 22 heavy (non-hydrogen) atoms. The summed E-state index contributed by atoms with van der Waals surface area (Å²) in [4.78, 5) is 26.0. The van der Waals surface area contributed by atoms with Crippen LogP contribution in [0.3, 0.4) is 0 Å². The molecule has 0 bridgehead atoms. The Bertz CT molecular complexity index is 359. The van der Waals surface area contributed by atoms with E-state index in [1.807, 2.05) is 20.8 Å². The van der Waals surface area contributed by atoms with Crippen molar-refractivity contribution >= 4 is 11.8 Å². The van der Waals surface area contributed by atoms with Crippen molar-refractivity contribution in [2.24, 2.45) is 0 Å². The summed E-state index contributed by atoms with van der Waals surface area (Å²) in [5, 5.41) is 12.8. The van der Waals surface area contributed by atoms with Crippen LogP contribution in [0.15, 0.2) is 0 Å². The van der Waals surface area contributed by atoms with Gasteiger partial charge in [-0.05, 0) is 40.5 Å². The number of hydrogen-bond donors (Lipinski definition) is 2. The fourth-order valence-electron chi connectivity index (χ4n) is 2.30. The number of carbonyl (C=O) groups is 2. The van der Waals surface area contributed by atoms with Crippen molar-refractivity contribution in [2.45, 2.75) is 84.8 Å². The van der Waals surface area contributed by atoms with Crippen LogP contribution in [-0.2, 0) is 9.59 Å². The minimum Gasteiger partial charge on any atom is -0.390 e. The van der Waals surface area contributed by atoms with Gasteiger partial charge < -0.3 is 15.3 Å². The fourth-order valence-corrected chi connectivity index (χ4v) is 2.30. The van der Waals surface area contributed by atoms with Crippen molar-refractivity contribution in [3.05, 3.63) is 0 Å². The molecule has 2 amide bonds. The van der Waals surface area contributed by atoms with Crippen molar-refractivity contribution in [3.8, 4) is 0 Å². The van der Waals surface area contributed by atoms with E-state index in [-0.39, 0.29) is 18.2 Å². The van der Waals surface area contributed by atoms with Gasteiger partial charge in [0, 0.05) is 31.5 Å². The number of rotatable bonds is 10. The maximum Gasteiger partial charge on any atom is 0.222 e. The average molecular weight is 314 g/mol. The van der Waals surface area contributed by atoms with Crippen LogP contribution in [0.5, 0.6) is 0 Å². The highest BCUT2D eigenvalue weighted by Gasteiger charge is 2.33. The second-order valence-electron chi connectivity index (χ2n) is 7.15. The molecule has 0 aliphatic rings. The summed E-state index contributed by atoms with van der Waals surface area (Å²) in [5.41, 5.74) is -1.39. The molecule has 0 aromatic carbocycles. The lowest BCUT2D eigenvalue weighted by atomic mass is 9.95. The smallest absolute Gasteiger partial charge is 0.222 e. The van der Waals surface area contributed by atoms with E-state index < -0.39 is 11.1 Å². The monoisotopic (exact) mass is 314 g/mol. The lowest BCUT2D eigenvalue weighted by Gasteiger charge is -2.39. The SMILES string of the molecule is CCCCNC(=O)CC(C)(C)N(CCC(C)(C)O)C(=O)CC. The lowest BCUT2D eigenvalue weighted by molar-refractivity contribution is -0.138. The molecule has 0 saturated heterocycles. The molecule has 0 unspecified atom stereocenters. The maximum absolute atomic E-state index is 12.2. The van der Waals surface area contributed by atoms with Crippen LogP contribution in [0.1, 0.15) is 73.6 Å². The van der Waals surface area contributed by atoms with Crippen LogP contribution in [-0.4, -0.2) is 46.1 Å². The number of unbranched alkanes of at least 4 members (excludes halogenated alkanes) is 1. The standard InChI is InChI=1S/C17H34N2O3/c1-7-9-11-18-14(20)13-16(3,4)19(15(21)8-2)12-10-17(5,6)22/h22H,7-13H2,1-6H3,(H,18,20). The van der Waals surface area contributed by atoms with Crippen molar-refractivity contribution in [1.82, 2.24) is 10.2 Å². The van der Waals surface area contributed by atoms with Gasteiger partial charge in [0.05, 0.1) is 5.60 Å². The van der Waals surface area contributed by atoms with Gasteiger partial charge in [0.2, 0.25) is 11.8 Å². The zero-order chi connectivity index (χ0) is 17.4. The number of hydrogen-bond acceptors (Lipinski definition) is 3. The molecule has 0 aromatic rings. The summed E-state index contributed by atoms with van der Waals surface area (Å²) in [5.74, 6) is -0.0220. The molecule has 0 heterocycles. The van der Waals surface area contributed by atoms with Gasteiger partial charge in [-0.3, -0.25) is 9.59 Å². The van der Waals surface area contributed by atoms with Gasteiger partial charge in [0.1, 0.15) is 0 Å². The zero-order valence-corrected chi connectivity index (χ0v) is 15.2. The average Bonchev–Trinajstić information content (AvgIpc) is 2.36. The fraction of sp³-hybridized carbons (Fsp3) is 0.882. The highest BCUT2D eigenvalue weighted by atomic mass is 16.3. The van der Waals surface area contributed by atoms with Gasteiger partial charge in [-0.1, -0.05) is 20.3 Å². The predicted octanol–water partition coefficient (Wildman–Crippen LogP) is 2.47. The van der Waals surface area contributed by atoms with Crippen LogP contribution in [0.2, 0.25) is 0 Å². The topological polar surface area (TPSA) is 69.6 Å². The molecule has 0 aliphatic carbocycles. The summed E-state index contributed by atoms with van der Waals surface area (Å²) < 4.78 is 0. The number of nitrogens with zero attached hydrogens (tertiary/aromatic N) is 1. The molecule has 5 nitrogen and oxygen atoms in total.